The summed E-state index contributed by atoms with van der Waals surface area (Å²) in [6.45, 7) is 0.921. The van der Waals surface area contributed by atoms with Crippen LogP contribution in [0.25, 0.3) is 0 Å². The van der Waals surface area contributed by atoms with Gasteiger partial charge in [0.25, 0.3) is 0 Å². The molecule has 0 unspecified atom stereocenters. The van der Waals surface area contributed by atoms with Crippen molar-refractivity contribution in [3.8, 4) is 0 Å². The van der Waals surface area contributed by atoms with Crippen LogP contribution in [0, 0.1) is 10.1 Å². The molecule has 0 radical (unpaired) electrons. The molecular formula is C12H17N3O3. The lowest BCUT2D eigenvalue weighted by atomic mass is 9.91. The number of nitrogens with zero attached hydrogens (tertiary/aromatic N) is 3. The average Bonchev–Trinajstić information content (AvgIpc) is 2.32. The second-order valence-corrected chi connectivity index (χ2v) is 4.49. The first-order valence-electron chi connectivity index (χ1n) is 6.20. The first-order chi connectivity index (χ1) is 8.72. The highest BCUT2D eigenvalue weighted by molar-refractivity contribution is 5.48. The Morgan fingerprint density at radius 2 is 2.28 bits per heavy atom. The van der Waals surface area contributed by atoms with Crippen LogP contribution in [0.3, 0.4) is 0 Å². The summed E-state index contributed by atoms with van der Waals surface area (Å²) in [5.74, 6) is -0.130. The van der Waals surface area contributed by atoms with E-state index >= 15 is 0 Å². The van der Waals surface area contributed by atoms with E-state index in [1.807, 2.05) is 0 Å². The molecule has 1 N–H and O–H groups in total. The van der Waals surface area contributed by atoms with Gasteiger partial charge in [-0.05, 0) is 41.7 Å². The highest BCUT2D eigenvalue weighted by atomic mass is 16.6. The normalized spacial score (nSPS) is 15.2. The zero-order valence-electron chi connectivity index (χ0n) is 10.2. The first kappa shape index (κ1) is 12.8. The molecule has 6 heteroatoms. The molecule has 1 aromatic heterocycles. The Morgan fingerprint density at radius 3 is 2.72 bits per heavy atom. The lowest BCUT2D eigenvalue weighted by Gasteiger charge is -2.38. The zero-order valence-corrected chi connectivity index (χ0v) is 10.2. The van der Waals surface area contributed by atoms with Crippen LogP contribution in [0.1, 0.15) is 25.7 Å². The molecule has 1 saturated carbocycles. The highest BCUT2D eigenvalue weighted by Crippen LogP contribution is 2.29. The van der Waals surface area contributed by atoms with Crippen LogP contribution in [0.5, 0.6) is 0 Å². The molecule has 0 bridgehead atoms. The molecule has 1 heterocycles. The van der Waals surface area contributed by atoms with Gasteiger partial charge in [-0.25, -0.2) is 0 Å². The fourth-order valence-electron chi connectivity index (χ4n) is 2.12. The third-order valence-corrected chi connectivity index (χ3v) is 3.32. The maximum absolute atomic E-state index is 10.6. The summed E-state index contributed by atoms with van der Waals surface area (Å²) < 4.78 is 0. The van der Waals surface area contributed by atoms with E-state index in [1.165, 1.54) is 12.5 Å². The Hall–Kier alpha value is -1.69. The number of aliphatic hydroxyl groups is 1. The number of nitro groups is 1. The molecule has 0 spiro atoms. The van der Waals surface area contributed by atoms with Gasteiger partial charge in [0.1, 0.15) is 0 Å². The Labute approximate surface area is 105 Å². The van der Waals surface area contributed by atoms with Crippen molar-refractivity contribution in [1.82, 2.24) is 4.98 Å². The minimum atomic E-state index is -0.495. The molecule has 18 heavy (non-hydrogen) atoms. The molecular weight excluding hydrogens is 234 g/mol. The second-order valence-electron chi connectivity index (χ2n) is 4.49. The summed E-state index contributed by atoms with van der Waals surface area (Å²) in [6.07, 6.45) is 5.76. The van der Waals surface area contributed by atoms with Gasteiger partial charge in [0.05, 0.1) is 5.69 Å². The molecule has 98 valence electrons. The van der Waals surface area contributed by atoms with Gasteiger partial charge in [0.15, 0.2) is 6.20 Å². The summed E-state index contributed by atoms with van der Waals surface area (Å²) in [5.41, 5.74) is 0.902. The monoisotopic (exact) mass is 251 g/mol. The van der Waals surface area contributed by atoms with Gasteiger partial charge in [0.2, 0.25) is 0 Å². The molecule has 0 atom stereocenters. The van der Waals surface area contributed by atoms with E-state index in [2.05, 4.69) is 9.88 Å². The van der Waals surface area contributed by atoms with Crippen molar-refractivity contribution in [1.29, 1.82) is 0 Å². The predicted molar refractivity (Wildman–Crippen MR) is 67.6 cm³/mol. The van der Waals surface area contributed by atoms with Crippen molar-refractivity contribution < 1.29 is 10.0 Å². The Bertz CT molecular complexity index is 404. The fourth-order valence-corrected chi connectivity index (χ4v) is 2.12. The Kier molecular flexibility index (Phi) is 4.09. The van der Waals surface area contributed by atoms with E-state index in [9.17, 15) is 10.1 Å². The molecule has 0 amide bonds. The van der Waals surface area contributed by atoms with E-state index in [1.54, 1.807) is 12.3 Å². The largest absolute Gasteiger partial charge is 0.396 e. The molecule has 1 aliphatic carbocycles. The number of hydrogen-bond donors (Lipinski definition) is 1. The number of anilines is 1. The van der Waals surface area contributed by atoms with E-state index < -0.39 is 4.92 Å². The van der Waals surface area contributed by atoms with Gasteiger partial charge >= 0.3 is 5.82 Å². The Morgan fingerprint density at radius 1 is 1.50 bits per heavy atom. The fraction of sp³-hybridized carbons (Fsp3) is 0.583. The van der Waals surface area contributed by atoms with E-state index in [-0.39, 0.29) is 12.4 Å². The third kappa shape index (κ3) is 2.76. The minimum absolute atomic E-state index is 0.130. The van der Waals surface area contributed by atoms with Crippen LogP contribution < -0.4 is 4.90 Å². The topological polar surface area (TPSA) is 79.5 Å². The smallest absolute Gasteiger partial charge is 0.363 e. The van der Waals surface area contributed by atoms with Crippen molar-refractivity contribution in [3.05, 3.63) is 28.4 Å². The van der Waals surface area contributed by atoms with Crippen LogP contribution >= 0.6 is 0 Å². The van der Waals surface area contributed by atoms with Crippen molar-refractivity contribution in [2.24, 2.45) is 0 Å². The summed E-state index contributed by atoms with van der Waals surface area (Å²) >= 11 is 0. The molecule has 6 nitrogen and oxygen atoms in total. The molecule has 0 aliphatic heterocycles. The minimum Gasteiger partial charge on any atom is -0.396 e. The van der Waals surface area contributed by atoms with Crippen LogP contribution in [0.15, 0.2) is 18.3 Å². The molecule has 2 rings (SSSR count). The molecule has 1 fully saturated rings. The van der Waals surface area contributed by atoms with Gasteiger partial charge in [0, 0.05) is 25.3 Å². The van der Waals surface area contributed by atoms with Crippen molar-refractivity contribution in [3.63, 3.8) is 0 Å². The van der Waals surface area contributed by atoms with Crippen LogP contribution in [0.2, 0.25) is 0 Å². The van der Waals surface area contributed by atoms with Crippen molar-refractivity contribution >= 4 is 11.5 Å². The van der Waals surface area contributed by atoms with Gasteiger partial charge < -0.3 is 20.1 Å². The van der Waals surface area contributed by atoms with Crippen LogP contribution in [-0.4, -0.2) is 34.2 Å². The molecule has 1 aromatic rings. The SMILES string of the molecule is O=[N+]([O-])c1ccc(N(CCCO)C2CCC2)cn1. The van der Waals surface area contributed by atoms with Gasteiger partial charge in [-0.2, -0.15) is 0 Å². The third-order valence-electron chi connectivity index (χ3n) is 3.32. The lowest BCUT2D eigenvalue weighted by molar-refractivity contribution is -0.389. The van der Waals surface area contributed by atoms with E-state index in [0.717, 1.165) is 25.1 Å². The van der Waals surface area contributed by atoms with Crippen LogP contribution in [0.4, 0.5) is 11.5 Å². The maximum Gasteiger partial charge on any atom is 0.363 e. The maximum atomic E-state index is 10.6. The molecule has 1 aliphatic rings. The number of rotatable bonds is 6. The number of aliphatic hydroxyl groups excluding tert-OH is 1. The first-order valence-corrected chi connectivity index (χ1v) is 6.20. The quantitative estimate of drug-likeness (QED) is 0.615. The summed E-state index contributed by atoms with van der Waals surface area (Å²) in [4.78, 5) is 16.1. The molecule has 0 aromatic carbocycles. The van der Waals surface area contributed by atoms with Crippen molar-refractivity contribution in [2.75, 3.05) is 18.1 Å². The number of hydrogen-bond acceptors (Lipinski definition) is 5. The Balaban J connectivity index is 2.11. The standard InChI is InChI=1S/C12H17N3O3/c16-8-2-7-14(10-3-1-4-10)11-5-6-12(13-9-11)15(17)18/h5-6,9-10,16H,1-4,7-8H2. The predicted octanol–water partition coefficient (Wildman–Crippen LogP) is 1.73. The summed E-state index contributed by atoms with van der Waals surface area (Å²) in [5, 5.41) is 19.5. The number of aromatic nitrogens is 1. The zero-order chi connectivity index (χ0) is 13.0. The second kappa shape index (κ2) is 5.77. The number of pyridine rings is 1. The van der Waals surface area contributed by atoms with Crippen molar-refractivity contribution in [2.45, 2.75) is 31.7 Å². The molecule has 0 saturated heterocycles. The summed E-state index contributed by atoms with van der Waals surface area (Å²) in [6, 6.07) is 3.65. The lowest BCUT2D eigenvalue weighted by Crippen LogP contribution is -2.41. The summed E-state index contributed by atoms with van der Waals surface area (Å²) in [7, 11) is 0. The van der Waals surface area contributed by atoms with E-state index in [4.69, 9.17) is 5.11 Å². The van der Waals surface area contributed by atoms with E-state index in [0.29, 0.717) is 12.5 Å². The van der Waals surface area contributed by atoms with Crippen LogP contribution in [-0.2, 0) is 0 Å². The highest BCUT2D eigenvalue weighted by Gasteiger charge is 2.25. The van der Waals surface area contributed by atoms with Gasteiger partial charge in [-0.1, -0.05) is 0 Å². The van der Waals surface area contributed by atoms with Gasteiger partial charge in [-0.3, -0.25) is 0 Å². The van der Waals surface area contributed by atoms with Gasteiger partial charge in [-0.15, -0.1) is 0 Å². The average molecular weight is 251 g/mol.